The van der Waals surface area contributed by atoms with Gasteiger partial charge < -0.3 is 4.74 Å². The van der Waals surface area contributed by atoms with Crippen molar-refractivity contribution < 1.29 is 14.3 Å². The Morgan fingerprint density at radius 3 is 2.72 bits per heavy atom. The third-order valence-electron chi connectivity index (χ3n) is 2.36. The highest BCUT2D eigenvalue weighted by Crippen LogP contribution is 2.14. The van der Waals surface area contributed by atoms with E-state index in [-0.39, 0.29) is 12.2 Å². The van der Waals surface area contributed by atoms with Crippen LogP contribution in [0, 0.1) is 0 Å². The predicted octanol–water partition coefficient (Wildman–Crippen LogP) is 1.62. The van der Waals surface area contributed by atoms with Crippen molar-refractivity contribution in [3.8, 4) is 5.69 Å². The summed E-state index contributed by atoms with van der Waals surface area (Å²) in [6.07, 6.45) is 3.31. The number of ether oxygens (including phenoxy) is 1. The van der Waals surface area contributed by atoms with E-state index in [1.165, 1.54) is 4.68 Å². The van der Waals surface area contributed by atoms with Gasteiger partial charge in [0.25, 0.3) is 5.78 Å². The highest BCUT2D eigenvalue weighted by Gasteiger charge is 2.21. The van der Waals surface area contributed by atoms with Crippen LogP contribution in [0.5, 0.6) is 0 Å². The van der Waals surface area contributed by atoms with Crippen LogP contribution in [-0.2, 0) is 9.53 Å². The van der Waals surface area contributed by atoms with Crippen molar-refractivity contribution in [3.05, 3.63) is 48.3 Å². The summed E-state index contributed by atoms with van der Waals surface area (Å²) in [6.45, 7) is 1.83. The van der Waals surface area contributed by atoms with Gasteiger partial charge in [-0.05, 0) is 25.1 Å². The van der Waals surface area contributed by atoms with E-state index in [1.54, 1.807) is 49.6 Å². The molecule has 18 heavy (non-hydrogen) atoms. The summed E-state index contributed by atoms with van der Waals surface area (Å²) in [5.74, 6) is -1.51. The van der Waals surface area contributed by atoms with Crippen molar-refractivity contribution in [1.82, 2.24) is 9.78 Å². The molecule has 1 heterocycles. The first-order valence-corrected chi connectivity index (χ1v) is 5.54. The maximum atomic E-state index is 11.9. The summed E-state index contributed by atoms with van der Waals surface area (Å²) < 4.78 is 6.25. The number of aromatic nitrogens is 2. The van der Waals surface area contributed by atoms with Gasteiger partial charge in [0.1, 0.15) is 0 Å². The number of hydrogen-bond donors (Lipinski definition) is 0. The Morgan fingerprint density at radius 2 is 2.06 bits per heavy atom. The fourth-order valence-electron chi connectivity index (χ4n) is 1.58. The maximum Gasteiger partial charge on any atom is 0.379 e. The van der Waals surface area contributed by atoms with Gasteiger partial charge in [-0.15, -0.1) is 0 Å². The zero-order valence-corrected chi connectivity index (χ0v) is 9.87. The molecule has 0 bridgehead atoms. The molecule has 2 rings (SSSR count). The van der Waals surface area contributed by atoms with Gasteiger partial charge in [-0.25, -0.2) is 9.48 Å². The van der Waals surface area contributed by atoms with Crippen LogP contribution >= 0.6 is 0 Å². The Kier molecular flexibility index (Phi) is 3.52. The second-order valence-corrected chi connectivity index (χ2v) is 3.52. The number of carbonyl (C=O) groups excluding carboxylic acids is 2. The quantitative estimate of drug-likeness (QED) is 0.466. The van der Waals surface area contributed by atoms with E-state index >= 15 is 0 Å². The molecule has 0 saturated carbocycles. The van der Waals surface area contributed by atoms with Gasteiger partial charge >= 0.3 is 5.97 Å². The second kappa shape index (κ2) is 5.27. The Morgan fingerprint density at radius 1 is 1.28 bits per heavy atom. The molecule has 2 aromatic rings. The third-order valence-corrected chi connectivity index (χ3v) is 2.36. The lowest BCUT2D eigenvalue weighted by Crippen LogP contribution is -2.19. The van der Waals surface area contributed by atoms with Gasteiger partial charge in [0.2, 0.25) is 0 Å². The second-order valence-electron chi connectivity index (χ2n) is 3.52. The van der Waals surface area contributed by atoms with Crippen LogP contribution in [0.4, 0.5) is 0 Å². The van der Waals surface area contributed by atoms with Gasteiger partial charge in [0, 0.05) is 12.4 Å². The Bertz CT molecular complexity index is 561. The minimum atomic E-state index is -0.850. The molecule has 0 aliphatic heterocycles. The lowest BCUT2D eigenvalue weighted by molar-refractivity contribution is -0.137. The smallest absolute Gasteiger partial charge is 0.379 e. The van der Waals surface area contributed by atoms with Crippen LogP contribution in [0.1, 0.15) is 17.3 Å². The number of esters is 1. The summed E-state index contributed by atoms with van der Waals surface area (Å²) in [4.78, 5) is 23.4. The molecule has 0 aliphatic carbocycles. The van der Waals surface area contributed by atoms with E-state index in [0.29, 0.717) is 5.69 Å². The SMILES string of the molecule is CCOC(=O)C(=O)c1ccccc1-n1cccn1. The molecule has 0 N–H and O–H groups in total. The molecule has 0 aliphatic rings. The molecule has 0 spiro atoms. The summed E-state index contributed by atoms with van der Waals surface area (Å²) >= 11 is 0. The Hall–Kier alpha value is -2.43. The minimum Gasteiger partial charge on any atom is -0.460 e. The Balaban J connectivity index is 2.40. The highest BCUT2D eigenvalue weighted by atomic mass is 16.5. The van der Waals surface area contributed by atoms with Crippen molar-refractivity contribution in [2.24, 2.45) is 0 Å². The maximum absolute atomic E-state index is 11.9. The van der Waals surface area contributed by atoms with E-state index in [1.807, 2.05) is 0 Å². The molecular weight excluding hydrogens is 232 g/mol. The molecule has 92 valence electrons. The molecule has 0 radical (unpaired) electrons. The van der Waals surface area contributed by atoms with Crippen molar-refractivity contribution in [2.75, 3.05) is 6.61 Å². The van der Waals surface area contributed by atoms with Crippen molar-refractivity contribution in [1.29, 1.82) is 0 Å². The molecule has 0 fully saturated rings. The number of carbonyl (C=O) groups is 2. The van der Waals surface area contributed by atoms with Crippen LogP contribution in [-0.4, -0.2) is 28.1 Å². The topological polar surface area (TPSA) is 61.2 Å². The van der Waals surface area contributed by atoms with Crippen molar-refractivity contribution in [3.63, 3.8) is 0 Å². The van der Waals surface area contributed by atoms with Gasteiger partial charge in [0.05, 0.1) is 17.9 Å². The number of benzene rings is 1. The summed E-state index contributed by atoms with van der Waals surface area (Å²) in [5, 5.41) is 4.05. The minimum absolute atomic E-state index is 0.175. The van der Waals surface area contributed by atoms with E-state index in [0.717, 1.165) is 0 Å². The van der Waals surface area contributed by atoms with Crippen LogP contribution in [0.15, 0.2) is 42.7 Å². The highest BCUT2D eigenvalue weighted by molar-refractivity contribution is 6.41. The molecule has 1 aromatic heterocycles. The summed E-state index contributed by atoms with van der Waals surface area (Å²) in [6, 6.07) is 8.51. The number of nitrogens with zero attached hydrogens (tertiary/aromatic N) is 2. The van der Waals surface area contributed by atoms with Crippen LogP contribution < -0.4 is 0 Å². The molecule has 1 aromatic carbocycles. The summed E-state index contributed by atoms with van der Waals surface area (Å²) in [5.41, 5.74) is 0.834. The van der Waals surface area contributed by atoms with Gasteiger partial charge in [0.15, 0.2) is 0 Å². The van der Waals surface area contributed by atoms with Crippen LogP contribution in [0.25, 0.3) is 5.69 Å². The van der Waals surface area contributed by atoms with Crippen LogP contribution in [0.2, 0.25) is 0 Å². The normalized spacial score (nSPS) is 10.1. The van der Waals surface area contributed by atoms with Crippen molar-refractivity contribution in [2.45, 2.75) is 6.92 Å². The largest absolute Gasteiger partial charge is 0.460 e. The zero-order valence-electron chi connectivity index (χ0n) is 9.87. The molecule has 0 saturated heterocycles. The molecule has 0 atom stereocenters. The molecule has 0 amide bonds. The lowest BCUT2D eigenvalue weighted by atomic mass is 10.1. The number of Topliss-reactive ketones (excluding diaryl/α,β-unsaturated/α-hetero) is 1. The van der Waals surface area contributed by atoms with E-state index in [2.05, 4.69) is 5.10 Å². The van der Waals surface area contributed by atoms with Crippen LogP contribution in [0.3, 0.4) is 0 Å². The zero-order chi connectivity index (χ0) is 13.0. The number of rotatable bonds is 4. The number of ketones is 1. The lowest BCUT2D eigenvalue weighted by Gasteiger charge is -2.07. The number of hydrogen-bond acceptors (Lipinski definition) is 4. The average molecular weight is 244 g/mol. The Labute approximate surface area is 104 Å². The van der Waals surface area contributed by atoms with Gasteiger partial charge in [-0.1, -0.05) is 12.1 Å². The van der Waals surface area contributed by atoms with Crippen molar-refractivity contribution >= 4 is 11.8 Å². The first-order chi connectivity index (χ1) is 8.74. The van der Waals surface area contributed by atoms with E-state index in [9.17, 15) is 9.59 Å². The fourth-order valence-corrected chi connectivity index (χ4v) is 1.58. The average Bonchev–Trinajstić information content (AvgIpc) is 2.92. The molecular formula is C13H12N2O3. The number of para-hydroxylation sites is 1. The monoisotopic (exact) mass is 244 g/mol. The first-order valence-electron chi connectivity index (χ1n) is 5.54. The molecule has 5 nitrogen and oxygen atoms in total. The van der Waals surface area contributed by atoms with Gasteiger partial charge in [-0.2, -0.15) is 5.10 Å². The van der Waals surface area contributed by atoms with E-state index < -0.39 is 11.8 Å². The van der Waals surface area contributed by atoms with Gasteiger partial charge in [-0.3, -0.25) is 4.79 Å². The standard InChI is InChI=1S/C13H12N2O3/c1-2-18-13(17)12(16)10-6-3-4-7-11(10)15-9-5-8-14-15/h3-9H,2H2,1H3. The fraction of sp³-hybridized carbons (Fsp3) is 0.154. The molecule has 5 heteroatoms. The molecule has 0 unspecified atom stereocenters. The summed E-state index contributed by atoms with van der Waals surface area (Å²) in [7, 11) is 0. The third kappa shape index (κ3) is 2.29. The van der Waals surface area contributed by atoms with E-state index in [4.69, 9.17) is 4.74 Å². The predicted molar refractivity (Wildman–Crippen MR) is 64.5 cm³/mol. The first kappa shape index (κ1) is 12.0.